The SMILES string of the molecule is O=C(N[C@@H]1CCCN(CCc2ccccc2)C1)c1ccccc1C(F)(F)F. The van der Waals surface area contributed by atoms with Crippen LogP contribution in [0.4, 0.5) is 13.2 Å². The Hall–Kier alpha value is -2.34. The summed E-state index contributed by atoms with van der Waals surface area (Å²) in [6, 6.07) is 14.9. The van der Waals surface area contributed by atoms with Crippen LogP contribution >= 0.6 is 0 Å². The van der Waals surface area contributed by atoms with Crippen LogP contribution in [0.3, 0.4) is 0 Å². The Balaban J connectivity index is 1.58. The average Bonchev–Trinajstić information content (AvgIpc) is 2.67. The number of alkyl halides is 3. The van der Waals surface area contributed by atoms with Crippen LogP contribution in [-0.4, -0.2) is 36.5 Å². The third kappa shape index (κ3) is 5.32. The van der Waals surface area contributed by atoms with Gasteiger partial charge in [-0.3, -0.25) is 4.79 Å². The summed E-state index contributed by atoms with van der Waals surface area (Å²) in [6.45, 7) is 2.47. The van der Waals surface area contributed by atoms with Crippen molar-refractivity contribution in [3.63, 3.8) is 0 Å². The molecule has 1 amide bonds. The fourth-order valence-corrected chi connectivity index (χ4v) is 3.50. The van der Waals surface area contributed by atoms with Crippen molar-refractivity contribution in [2.75, 3.05) is 19.6 Å². The van der Waals surface area contributed by atoms with Gasteiger partial charge in [-0.1, -0.05) is 42.5 Å². The summed E-state index contributed by atoms with van der Waals surface area (Å²) in [7, 11) is 0. The van der Waals surface area contributed by atoms with E-state index in [1.807, 2.05) is 18.2 Å². The molecule has 0 unspecified atom stereocenters. The highest BCUT2D eigenvalue weighted by atomic mass is 19.4. The lowest BCUT2D eigenvalue weighted by Gasteiger charge is -2.33. The van der Waals surface area contributed by atoms with Gasteiger partial charge in [-0.05, 0) is 43.5 Å². The highest BCUT2D eigenvalue weighted by molar-refractivity contribution is 5.96. The Labute approximate surface area is 157 Å². The first-order chi connectivity index (χ1) is 12.9. The van der Waals surface area contributed by atoms with Gasteiger partial charge in [0.15, 0.2) is 0 Å². The monoisotopic (exact) mass is 376 g/mol. The largest absolute Gasteiger partial charge is 0.417 e. The maximum absolute atomic E-state index is 13.1. The molecule has 1 heterocycles. The molecule has 2 aromatic rings. The smallest absolute Gasteiger partial charge is 0.348 e. The van der Waals surface area contributed by atoms with Gasteiger partial charge in [0.25, 0.3) is 5.91 Å². The van der Waals surface area contributed by atoms with Gasteiger partial charge in [0.1, 0.15) is 0 Å². The molecule has 6 heteroatoms. The van der Waals surface area contributed by atoms with Crippen molar-refractivity contribution in [1.29, 1.82) is 0 Å². The van der Waals surface area contributed by atoms with E-state index in [1.165, 1.54) is 23.8 Å². The summed E-state index contributed by atoms with van der Waals surface area (Å²) < 4.78 is 39.4. The summed E-state index contributed by atoms with van der Waals surface area (Å²) in [5, 5.41) is 2.80. The molecule has 1 saturated heterocycles. The summed E-state index contributed by atoms with van der Waals surface area (Å²) >= 11 is 0. The molecular weight excluding hydrogens is 353 g/mol. The first-order valence-electron chi connectivity index (χ1n) is 9.17. The Morgan fingerprint density at radius 1 is 1.07 bits per heavy atom. The summed E-state index contributed by atoms with van der Waals surface area (Å²) in [5.41, 5.74) is 0.0495. The van der Waals surface area contributed by atoms with Gasteiger partial charge in [-0.15, -0.1) is 0 Å². The zero-order chi connectivity index (χ0) is 19.3. The van der Waals surface area contributed by atoms with Gasteiger partial charge in [-0.2, -0.15) is 13.2 Å². The number of piperidine rings is 1. The fraction of sp³-hybridized carbons (Fsp3) is 0.381. The van der Waals surface area contributed by atoms with Crippen molar-refractivity contribution >= 4 is 5.91 Å². The molecule has 144 valence electrons. The molecular formula is C21H23F3N2O. The van der Waals surface area contributed by atoms with Crippen LogP contribution in [0.15, 0.2) is 54.6 Å². The number of hydrogen-bond acceptors (Lipinski definition) is 2. The zero-order valence-corrected chi connectivity index (χ0v) is 15.0. The normalized spacial score (nSPS) is 18.3. The van der Waals surface area contributed by atoms with E-state index in [0.29, 0.717) is 6.54 Å². The topological polar surface area (TPSA) is 32.3 Å². The van der Waals surface area contributed by atoms with Crippen molar-refractivity contribution in [2.24, 2.45) is 0 Å². The van der Waals surface area contributed by atoms with E-state index in [9.17, 15) is 18.0 Å². The van der Waals surface area contributed by atoms with E-state index in [2.05, 4.69) is 22.3 Å². The van der Waals surface area contributed by atoms with Crippen LogP contribution in [0.1, 0.15) is 34.3 Å². The average molecular weight is 376 g/mol. The third-order valence-electron chi connectivity index (χ3n) is 4.88. The Morgan fingerprint density at radius 2 is 1.78 bits per heavy atom. The molecule has 1 aliphatic rings. The number of carbonyl (C=O) groups is 1. The Kier molecular flexibility index (Phi) is 6.16. The molecule has 3 nitrogen and oxygen atoms in total. The molecule has 3 rings (SSSR count). The zero-order valence-electron chi connectivity index (χ0n) is 15.0. The third-order valence-corrected chi connectivity index (χ3v) is 4.88. The Morgan fingerprint density at radius 3 is 2.52 bits per heavy atom. The van der Waals surface area contributed by atoms with Crippen LogP contribution < -0.4 is 5.32 Å². The standard InChI is InChI=1S/C21H23F3N2O/c22-21(23,24)19-11-5-4-10-18(19)20(27)25-17-9-6-13-26(15-17)14-12-16-7-2-1-3-8-16/h1-5,7-8,10-11,17H,6,9,12-15H2,(H,25,27)/t17-/m1/s1. The highest BCUT2D eigenvalue weighted by Crippen LogP contribution is 2.31. The van der Waals surface area contributed by atoms with Crippen molar-refractivity contribution in [2.45, 2.75) is 31.5 Å². The van der Waals surface area contributed by atoms with Gasteiger partial charge < -0.3 is 10.2 Å². The van der Waals surface area contributed by atoms with Crippen molar-refractivity contribution in [1.82, 2.24) is 10.2 Å². The number of rotatable bonds is 5. The lowest BCUT2D eigenvalue weighted by Crippen LogP contribution is -2.48. The van der Waals surface area contributed by atoms with Crippen LogP contribution in [0.5, 0.6) is 0 Å². The van der Waals surface area contributed by atoms with Gasteiger partial charge in [0.05, 0.1) is 11.1 Å². The number of likely N-dealkylation sites (tertiary alicyclic amines) is 1. The molecule has 0 bridgehead atoms. The van der Waals surface area contributed by atoms with Crippen molar-refractivity contribution in [3.8, 4) is 0 Å². The van der Waals surface area contributed by atoms with E-state index in [1.54, 1.807) is 0 Å². The maximum atomic E-state index is 13.1. The number of carbonyl (C=O) groups excluding carboxylic acids is 1. The highest BCUT2D eigenvalue weighted by Gasteiger charge is 2.35. The van der Waals surface area contributed by atoms with E-state index in [0.717, 1.165) is 38.4 Å². The first-order valence-corrected chi connectivity index (χ1v) is 9.17. The predicted octanol–water partition coefficient (Wildman–Crippen LogP) is 4.14. The molecule has 0 spiro atoms. The van der Waals surface area contributed by atoms with Gasteiger partial charge in [0, 0.05) is 19.1 Å². The molecule has 1 atom stereocenters. The molecule has 0 saturated carbocycles. The molecule has 0 aliphatic carbocycles. The second kappa shape index (κ2) is 8.57. The molecule has 1 N–H and O–H groups in total. The molecule has 27 heavy (non-hydrogen) atoms. The fourth-order valence-electron chi connectivity index (χ4n) is 3.50. The second-order valence-electron chi connectivity index (χ2n) is 6.89. The van der Waals surface area contributed by atoms with Crippen LogP contribution in [0.2, 0.25) is 0 Å². The van der Waals surface area contributed by atoms with Gasteiger partial charge >= 0.3 is 6.18 Å². The van der Waals surface area contributed by atoms with Crippen molar-refractivity contribution < 1.29 is 18.0 Å². The first kappa shape index (κ1) is 19.4. The lowest BCUT2D eigenvalue weighted by molar-refractivity contribution is -0.137. The maximum Gasteiger partial charge on any atom is 0.417 e. The molecule has 1 fully saturated rings. The number of nitrogens with zero attached hydrogens (tertiary/aromatic N) is 1. The lowest BCUT2D eigenvalue weighted by atomic mass is 10.0. The molecule has 1 aliphatic heterocycles. The molecule has 2 aromatic carbocycles. The number of amides is 1. The number of benzene rings is 2. The van der Waals surface area contributed by atoms with Crippen LogP contribution in [0.25, 0.3) is 0 Å². The minimum Gasteiger partial charge on any atom is -0.348 e. The molecule has 0 radical (unpaired) electrons. The van der Waals surface area contributed by atoms with E-state index < -0.39 is 17.6 Å². The predicted molar refractivity (Wildman–Crippen MR) is 98.5 cm³/mol. The summed E-state index contributed by atoms with van der Waals surface area (Å²) in [4.78, 5) is 14.7. The summed E-state index contributed by atoms with van der Waals surface area (Å²) in [6.07, 6.45) is -1.93. The number of hydrogen-bond donors (Lipinski definition) is 1. The number of nitrogens with one attached hydrogen (secondary N) is 1. The molecule has 0 aromatic heterocycles. The van der Waals surface area contributed by atoms with Gasteiger partial charge in [-0.25, -0.2) is 0 Å². The van der Waals surface area contributed by atoms with Crippen LogP contribution in [0, 0.1) is 0 Å². The minimum atomic E-state index is -4.54. The van der Waals surface area contributed by atoms with E-state index >= 15 is 0 Å². The summed E-state index contributed by atoms with van der Waals surface area (Å²) in [5.74, 6) is -0.655. The van der Waals surface area contributed by atoms with E-state index in [-0.39, 0.29) is 11.6 Å². The number of halogens is 3. The Bertz CT molecular complexity index is 762. The van der Waals surface area contributed by atoms with Gasteiger partial charge in [0.2, 0.25) is 0 Å². The minimum absolute atomic E-state index is 0.136. The van der Waals surface area contributed by atoms with Crippen molar-refractivity contribution in [3.05, 3.63) is 71.3 Å². The quantitative estimate of drug-likeness (QED) is 0.851. The van der Waals surface area contributed by atoms with E-state index in [4.69, 9.17) is 0 Å². The van der Waals surface area contributed by atoms with Crippen LogP contribution in [-0.2, 0) is 12.6 Å². The second-order valence-corrected chi connectivity index (χ2v) is 6.89.